The van der Waals surface area contributed by atoms with Gasteiger partial charge in [0.15, 0.2) is 0 Å². The van der Waals surface area contributed by atoms with Gasteiger partial charge in [0, 0.05) is 19.5 Å². The molecule has 168 valence electrons. The van der Waals surface area contributed by atoms with Crippen LogP contribution in [0.5, 0.6) is 5.75 Å². The molecule has 1 atom stereocenters. The number of hydrogen-bond donors (Lipinski definition) is 1. The molecule has 0 heterocycles. The molecule has 1 N–H and O–H groups in total. The Morgan fingerprint density at radius 2 is 1.74 bits per heavy atom. The van der Waals surface area contributed by atoms with Crippen LogP contribution in [0.4, 0.5) is 4.39 Å². The van der Waals surface area contributed by atoms with E-state index >= 15 is 0 Å². The average molecular weight is 429 g/mol. The molecule has 2 rings (SSSR count). The van der Waals surface area contributed by atoms with E-state index in [2.05, 4.69) is 5.32 Å². The lowest BCUT2D eigenvalue weighted by molar-refractivity contribution is -0.141. The molecule has 0 aliphatic rings. The molecule has 0 aliphatic heterocycles. The molecule has 2 aromatic carbocycles. The Kier molecular flexibility index (Phi) is 10.0. The number of carbonyl (C=O) groups excluding carboxylic acids is 2. The molecule has 5 nitrogen and oxygen atoms in total. The lowest BCUT2D eigenvalue weighted by Crippen LogP contribution is -2.49. The second kappa shape index (κ2) is 12.7. The lowest BCUT2D eigenvalue weighted by atomic mass is 10.1. The normalized spacial score (nSPS) is 11.6. The quantitative estimate of drug-likeness (QED) is 0.502. The van der Waals surface area contributed by atoms with Gasteiger partial charge < -0.3 is 15.0 Å². The molecule has 0 fully saturated rings. The molecule has 31 heavy (non-hydrogen) atoms. The largest absolute Gasteiger partial charge is 0.494 e. The Morgan fingerprint density at radius 3 is 2.35 bits per heavy atom. The van der Waals surface area contributed by atoms with E-state index in [1.165, 1.54) is 12.1 Å². The van der Waals surface area contributed by atoms with Gasteiger partial charge in [-0.25, -0.2) is 4.39 Å². The Labute approximate surface area is 184 Å². The van der Waals surface area contributed by atoms with Gasteiger partial charge in [0.25, 0.3) is 0 Å². The number of rotatable bonds is 12. The van der Waals surface area contributed by atoms with Gasteiger partial charge in [-0.3, -0.25) is 9.59 Å². The monoisotopic (exact) mass is 428 g/mol. The second-order valence-electron chi connectivity index (χ2n) is 7.63. The minimum absolute atomic E-state index is 0.115. The summed E-state index contributed by atoms with van der Waals surface area (Å²) in [6.45, 7) is 7.13. The van der Waals surface area contributed by atoms with Crippen LogP contribution in [0, 0.1) is 12.7 Å². The van der Waals surface area contributed by atoms with E-state index in [4.69, 9.17) is 4.74 Å². The predicted octanol–water partition coefficient (Wildman–Crippen LogP) is 4.63. The number of nitrogens with one attached hydrogen (secondary N) is 1. The maximum Gasteiger partial charge on any atom is 0.242 e. The highest BCUT2D eigenvalue weighted by Gasteiger charge is 2.28. The summed E-state index contributed by atoms with van der Waals surface area (Å²) in [6, 6.07) is 13.2. The van der Waals surface area contributed by atoms with E-state index in [9.17, 15) is 14.0 Å². The van der Waals surface area contributed by atoms with Crippen molar-refractivity contribution < 1.29 is 18.7 Å². The summed E-state index contributed by atoms with van der Waals surface area (Å²) in [4.78, 5) is 27.3. The minimum Gasteiger partial charge on any atom is -0.494 e. The SMILES string of the molecule is CCCNC(=O)C(CC)N(Cc1ccc(F)cc1)C(=O)CCCOc1ccc(C)cc1. The van der Waals surface area contributed by atoms with Crippen LogP contribution in [-0.2, 0) is 16.1 Å². The minimum atomic E-state index is -0.567. The number of nitrogens with zero attached hydrogens (tertiary/aromatic N) is 1. The summed E-state index contributed by atoms with van der Waals surface area (Å²) in [7, 11) is 0. The first-order chi connectivity index (χ1) is 14.9. The number of ether oxygens (including phenoxy) is 1. The molecule has 0 saturated heterocycles. The van der Waals surface area contributed by atoms with Crippen molar-refractivity contribution in [2.24, 2.45) is 0 Å². The van der Waals surface area contributed by atoms with E-state index in [-0.39, 0.29) is 30.6 Å². The van der Waals surface area contributed by atoms with Crippen LogP contribution in [0.2, 0.25) is 0 Å². The summed E-state index contributed by atoms with van der Waals surface area (Å²) in [5.74, 6) is 0.167. The van der Waals surface area contributed by atoms with Gasteiger partial charge in [-0.15, -0.1) is 0 Å². The van der Waals surface area contributed by atoms with Crippen LogP contribution in [0.3, 0.4) is 0 Å². The molecule has 0 radical (unpaired) electrons. The van der Waals surface area contributed by atoms with E-state index in [0.29, 0.717) is 26.0 Å². The highest BCUT2D eigenvalue weighted by molar-refractivity contribution is 5.87. The van der Waals surface area contributed by atoms with Gasteiger partial charge in [0.2, 0.25) is 11.8 Å². The van der Waals surface area contributed by atoms with Crippen molar-refractivity contribution in [2.45, 2.75) is 59.0 Å². The Morgan fingerprint density at radius 1 is 1.06 bits per heavy atom. The molecule has 2 amide bonds. The average Bonchev–Trinajstić information content (AvgIpc) is 2.77. The van der Waals surface area contributed by atoms with Crippen molar-refractivity contribution in [2.75, 3.05) is 13.2 Å². The zero-order valence-electron chi connectivity index (χ0n) is 18.7. The van der Waals surface area contributed by atoms with Crippen LogP contribution >= 0.6 is 0 Å². The number of aryl methyl sites for hydroxylation is 1. The number of halogens is 1. The molecule has 1 unspecified atom stereocenters. The van der Waals surface area contributed by atoms with Gasteiger partial charge in [-0.2, -0.15) is 0 Å². The zero-order chi connectivity index (χ0) is 22.6. The smallest absolute Gasteiger partial charge is 0.242 e. The van der Waals surface area contributed by atoms with Crippen molar-refractivity contribution in [1.29, 1.82) is 0 Å². The van der Waals surface area contributed by atoms with Gasteiger partial charge in [-0.05, 0) is 56.0 Å². The fourth-order valence-electron chi connectivity index (χ4n) is 3.26. The standard InChI is InChI=1S/C25H33FN2O3/c1-4-16-27-25(30)23(5-2)28(18-20-10-12-21(26)13-11-20)24(29)7-6-17-31-22-14-8-19(3)9-15-22/h8-15,23H,4-7,16-18H2,1-3H3,(H,27,30). The van der Waals surface area contributed by atoms with E-state index in [1.807, 2.05) is 45.0 Å². The molecule has 2 aromatic rings. The van der Waals surface area contributed by atoms with Crippen molar-refractivity contribution in [3.05, 3.63) is 65.5 Å². The molecule has 0 spiro atoms. The first kappa shape index (κ1) is 24.4. The fraction of sp³-hybridized carbons (Fsp3) is 0.440. The summed E-state index contributed by atoms with van der Waals surface area (Å²) >= 11 is 0. The molecule has 0 aliphatic carbocycles. The van der Waals surface area contributed by atoms with Crippen molar-refractivity contribution in [1.82, 2.24) is 10.2 Å². The third-order valence-corrected chi connectivity index (χ3v) is 5.03. The van der Waals surface area contributed by atoms with Gasteiger partial charge in [0.1, 0.15) is 17.6 Å². The molecule has 0 bridgehead atoms. The summed E-state index contributed by atoms with van der Waals surface area (Å²) < 4.78 is 19.0. The van der Waals surface area contributed by atoms with Crippen LogP contribution in [-0.4, -0.2) is 35.9 Å². The Hall–Kier alpha value is -2.89. The predicted molar refractivity (Wildman–Crippen MR) is 120 cm³/mol. The number of hydrogen-bond acceptors (Lipinski definition) is 3. The highest BCUT2D eigenvalue weighted by atomic mass is 19.1. The van der Waals surface area contributed by atoms with Gasteiger partial charge in [-0.1, -0.05) is 43.7 Å². The van der Waals surface area contributed by atoms with Crippen molar-refractivity contribution in [3.63, 3.8) is 0 Å². The van der Waals surface area contributed by atoms with Gasteiger partial charge >= 0.3 is 0 Å². The van der Waals surface area contributed by atoms with E-state index < -0.39 is 6.04 Å². The first-order valence-electron chi connectivity index (χ1n) is 11.0. The van der Waals surface area contributed by atoms with Crippen LogP contribution in [0.15, 0.2) is 48.5 Å². The molecule has 0 saturated carbocycles. The summed E-state index contributed by atoms with van der Waals surface area (Å²) in [5.41, 5.74) is 1.94. The topological polar surface area (TPSA) is 58.6 Å². The molecular formula is C25H33FN2O3. The zero-order valence-corrected chi connectivity index (χ0v) is 18.7. The van der Waals surface area contributed by atoms with Crippen LogP contribution in [0.1, 0.15) is 50.7 Å². The summed E-state index contributed by atoms with van der Waals surface area (Å²) in [6.07, 6.45) is 2.14. The maximum atomic E-state index is 13.3. The third-order valence-electron chi connectivity index (χ3n) is 5.03. The Bertz CT molecular complexity index is 822. The fourth-order valence-corrected chi connectivity index (χ4v) is 3.26. The van der Waals surface area contributed by atoms with E-state index in [1.54, 1.807) is 17.0 Å². The van der Waals surface area contributed by atoms with E-state index in [0.717, 1.165) is 23.3 Å². The van der Waals surface area contributed by atoms with Crippen molar-refractivity contribution in [3.8, 4) is 5.75 Å². The first-order valence-corrected chi connectivity index (χ1v) is 11.0. The highest BCUT2D eigenvalue weighted by Crippen LogP contribution is 2.16. The number of benzene rings is 2. The second-order valence-corrected chi connectivity index (χ2v) is 7.63. The third kappa shape index (κ3) is 8.04. The Balaban J connectivity index is 2.02. The van der Waals surface area contributed by atoms with Gasteiger partial charge in [0.05, 0.1) is 6.61 Å². The molecule has 0 aromatic heterocycles. The van der Waals surface area contributed by atoms with Crippen LogP contribution < -0.4 is 10.1 Å². The molecular weight excluding hydrogens is 395 g/mol. The number of carbonyl (C=O) groups is 2. The van der Waals surface area contributed by atoms with Crippen molar-refractivity contribution >= 4 is 11.8 Å². The maximum absolute atomic E-state index is 13.3. The van der Waals surface area contributed by atoms with Crippen LogP contribution in [0.25, 0.3) is 0 Å². The summed E-state index contributed by atoms with van der Waals surface area (Å²) in [5, 5.41) is 2.89. The lowest BCUT2D eigenvalue weighted by Gasteiger charge is -2.30. The molecule has 6 heteroatoms. The number of amides is 2.